The van der Waals surface area contributed by atoms with Crippen molar-refractivity contribution in [1.29, 1.82) is 0 Å². The van der Waals surface area contributed by atoms with Gasteiger partial charge >= 0.3 is 12.1 Å². The Morgan fingerprint density at radius 2 is 1.71 bits per heavy atom. The van der Waals surface area contributed by atoms with Crippen LogP contribution in [0.2, 0.25) is 0 Å². The highest BCUT2D eigenvalue weighted by Gasteiger charge is 2.50. The van der Waals surface area contributed by atoms with Crippen LogP contribution in [0.1, 0.15) is 53.9 Å². The molecular weight excluding hydrogens is 434 g/mol. The summed E-state index contributed by atoms with van der Waals surface area (Å²) in [6.07, 6.45) is -1.07. The summed E-state index contributed by atoms with van der Waals surface area (Å²) in [5, 5.41) is 22.7. The predicted octanol–water partition coefficient (Wildman–Crippen LogP) is 1.29. The summed E-state index contributed by atoms with van der Waals surface area (Å²) < 4.78 is 38.7. The van der Waals surface area contributed by atoms with Crippen molar-refractivity contribution < 1.29 is 46.7 Å². The summed E-state index contributed by atoms with van der Waals surface area (Å²) in [6.45, 7) is 7.33. The molecule has 0 aliphatic heterocycles. The van der Waals surface area contributed by atoms with E-state index in [1.165, 1.54) is 20.8 Å². The molecular formula is C19H35NO10S. The van der Waals surface area contributed by atoms with E-state index in [9.17, 15) is 33.0 Å². The van der Waals surface area contributed by atoms with Crippen LogP contribution in [-0.4, -0.2) is 74.4 Å². The molecule has 3 N–H and O–H groups in total. The van der Waals surface area contributed by atoms with Crippen LogP contribution in [-0.2, 0) is 33.4 Å². The Labute approximate surface area is 183 Å². The largest absolute Gasteiger partial charge is 0.508 e. The zero-order valence-electron chi connectivity index (χ0n) is 18.8. The second-order valence-electron chi connectivity index (χ2n) is 8.32. The lowest BCUT2D eigenvalue weighted by molar-refractivity contribution is -0.177. The van der Waals surface area contributed by atoms with Gasteiger partial charge in [-0.05, 0) is 25.2 Å². The molecule has 0 aromatic heterocycles. The number of hydrogen-bond acceptors (Lipinski definition) is 9. The van der Waals surface area contributed by atoms with Crippen LogP contribution < -0.4 is 5.32 Å². The molecule has 12 heteroatoms. The van der Waals surface area contributed by atoms with Crippen molar-refractivity contribution in [3.05, 3.63) is 0 Å². The van der Waals surface area contributed by atoms with Crippen molar-refractivity contribution in [2.24, 2.45) is 11.3 Å². The molecule has 0 aliphatic rings. The normalized spacial score (nSPS) is 14.0. The van der Waals surface area contributed by atoms with Crippen molar-refractivity contribution in [3.8, 4) is 0 Å². The van der Waals surface area contributed by atoms with Gasteiger partial charge in [-0.2, -0.15) is 8.42 Å². The van der Waals surface area contributed by atoms with Gasteiger partial charge in [0.2, 0.25) is 5.91 Å². The van der Waals surface area contributed by atoms with E-state index in [-0.39, 0.29) is 56.6 Å². The second kappa shape index (κ2) is 12.8. The van der Waals surface area contributed by atoms with Gasteiger partial charge in [-0.15, -0.1) is 0 Å². The van der Waals surface area contributed by atoms with E-state index in [1.54, 1.807) is 0 Å². The Morgan fingerprint density at radius 1 is 1.10 bits per heavy atom. The molecule has 0 spiro atoms. The number of aliphatic hydroxyl groups is 1. The molecule has 0 fully saturated rings. The fraction of sp³-hybridized carbons (Fsp3) is 0.842. The summed E-state index contributed by atoms with van der Waals surface area (Å²) in [4.78, 5) is 34.0. The highest BCUT2D eigenvalue weighted by Crippen LogP contribution is 2.36. The fourth-order valence-corrected chi connectivity index (χ4v) is 3.51. The van der Waals surface area contributed by atoms with Gasteiger partial charge in [0.05, 0.1) is 25.6 Å². The van der Waals surface area contributed by atoms with E-state index in [1.807, 2.05) is 13.8 Å². The number of aliphatic carboxylic acids is 1. The molecule has 0 aromatic carbocycles. The van der Waals surface area contributed by atoms with Crippen LogP contribution in [0.3, 0.4) is 0 Å². The quantitative estimate of drug-likeness (QED) is 0.181. The summed E-state index contributed by atoms with van der Waals surface area (Å²) in [7, 11) is -3.99. The summed E-state index contributed by atoms with van der Waals surface area (Å²) in [6, 6.07) is 0. The van der Waals surface area contributed by atoms with Crippen LogP contribution in [0.5, 0.6) is 0 Å². The molecule has 0 aliphatic carbocycles. The first kappa shape index (κ1) is 29.1. The monoisotopic (exact) mass is 469 g/mol. The topological polar surface area (TPSA) is 166 Å². The molecule has 0 saturated carbocycles. The molecule has 0 rings (SSSR count). The molecule has 1 amide bonds. The van der Waals surface area contributed by atoms with Gasteiger partial charge < -0.3 is 25.0 Å². The number of ether oxygens (including phenoxy) is 2. The van der Waals surface area contributed by atoms with Gasteiger partial charge in [0.15, 0.2) is 5.60 Å². The van der Waals surface area contributed by atoms with Gasteiger partial charge in [-0.3, -0.25) is 8.98 Å². The van der Waals surface area contributed by atoms with Crippen LogP contribution in [0.15, 0.2) is 0 Å². The third kappa shape index (κ3) is 11.3. The van der Waals surface area contributed by atoms with E-state index in [0.717, 1.165) is 0 Å². The Morgan fingerprint density at radius 3 is 2.23 bits per heavy atom. The maximum absolute atomic E-state index is 12.0. The zero-order valence-corrected chi connectivity index (χ0v) is 19.6. The molecule has 182 valence electrons. The molecule has 1 atom stereocenters. The van der Waals surface area contributed by atoms with Crippen LogP contribution >= 0.6 is 0 Å². The Bertz CT molecular complexity index is 704. The Balaban J connectivity index is 4.75. The number of amides is 1. The van der Waals surface area contributed by atoms with E-state index in [2.05, 4.69) is 5.32 Å². The first-order valence-electron chi connectivity index (χ1n) is 10.00. The maximum atomic E-state index is 12.0. The van der Waals surface area contributed by atoms with Crippen molar-refractivity contribution in [1.82, 2.24) is 5.32 Å². The minimum Gasteiger partial charge on any atom is -0.479 e. The first-order valence-corrected chi connectivity index (χ1v) is 11.6. The first-order chi connectivity index (χ1) is 14.1. The number of hydrogen-bond donors (Lipinski definition) is 3. The molecule has 0 heterocycles. The van der Waals surface area contributed by atoms with E-state index >= 15 is 0 Å². The van der Waals surface area contributed by atoms with Gasteiger partial charge in [-0.1, -0.05) is 27.7 Å². The van der Waals surface area contributed by atoms with Crippen LogP contribution in [0.4, 0.5) is 4.79 Å². The second-order valence-corrected chi connectivity index (χ2v) is 10.1. The van der Waals surface area contributed by atoms with E-state index in [0.29, 0.717) is 0 Å². The maximum Gasteiger partial charge on any atom is 0.508 e. The number of carbonyl (C=O) groups is 3. The van der Waals surface area contributed by atoms with Gasteiger partial charge in [0.1, 0.15) is 0 Å². The average Bonchev–Trinajstić information content (AvgIpc) is 2.65. The Hall–Kier alpha value is -1.92. The molecule has 0 aromatic rings. The molecule has 0 saturated heterocycles. The van der Waals surface area contributed by atoms with E-state index < -0.39 is 39.9 Å². The Kier molecular flexibility index (Phi) is 12.0. The average molecular weight is 470 g/mol. The van der Waals surface area contributed by atoms with Gasteiger partial charge in [-0.25, -0.2) is 9.59 Å². The standard InChI is InChI=1S/C19H35NO10S/c1-14(2)12-29-17(24)28-10-6-8-19(25,16(22)23)18(4,5)13-30-31(26,27)11-7-9-20-15(3)21/h14,25H,6-13H2,1-5H3,(H,20,21)(H,22,23)/t19-/m0/s1. The van der Waals surface area contributed by atoms with Crippen molar-refractivity contribution in [2.45, 2.75) is 59.5 Å². The van der Waals surface area contributed by atoms with Crippen molar-refractivity contribution in [2.75, 3.05) is 32.1 Å². The minimum absolute atomic E-state index is 0.00642. The lowest BCUT2D eigenvalue weighted by Gasteiger charge is -2.38. The third-order valence-electron chi connectivity index (χ3n) is 4.46. The van der Waals surface area contributed by atoms with Gasteiger partial charge in [0.25, 0.3) is 10.1 Å². The lowest BCUT2D eigenvalue weighted by Crippen LogP contribution is -2.54. The predicted molar refractivity (Wildman–Crippen MR) is 111 cm³/mol. The smallest absolute Gasteiger partial charge is 0.479 e. The van der Waals surface area contributed by atoms with Gasteiger partial charge in [0, 0.05) is 18.9 Å². The van der Waals surface area contributed by atoms with Crippen LogP contribution in [0, 0.1) is 11.3 Å². The van der Waals surface area contributed by atoms with E-state index in [4.69, 9.17) is 13.7 Å². The molecule has 0 unspecified atom stereocenters. The number of carboxylic acid groups (broad SMARTS) is 1. The molecule has 31 heavy (non-hydrogen) atoms. The number of carboxylic acids is 1. The SMILES string of the molecule is CC(=O)NCCCS(=O)(=O)OCC(C)(C)[C@](O)(CCCOC(=O)OCC(C)C)C(=O)O. The molecule has 11 nitrogen and oxygen atoms in total. The molecule has 0 radical (unpaired) electrons. The van der Waals surface area contributed by atoms with Crippen molar-refractivity contribution >= 4 is 28.1 Å². The summed E-state index contributed by atoms with van der Waals surface area (Å²) in [5.74, 6) is -2.08. The van der Waals surface area contributed by atoms with Crippen LogP contribution in [0.25, 0.3) is 0 Å². The molecule has 0 bridgehead atoms. The summed E-state index contributed by atoms with van der Waals surface area (Å²) >= 11 is 0. The number of nitrogens with one attached hydrogen (secondary N) is 1. The highest BCUT2D eigenvalue weighted by atomic mass is 32.2. The number of carbonyl (C=O) groups excluding carboxylic acids is 2. The van der Waals surface area contributed by atoms with Crippen molar-refractivity contribution in [3.63, 3.8) is 0 Å². The third-order valence-corrected chi connectivity index (χ3v) is 5.72. The lowest BCUT2D eigenvalue weighted by atomic mass is 9.73. The number of rotatable bonds is 15. The summed E-state index contributed by atoms with van der Waals surface area (Å²) in [5.41, 5.74) is -3.81. The fourth-order valence-electron chi connectivity index (χ4n) is 2.42. The minimum atomic E-state index is -3.99. The highest BCUT2D eigenvalue weighted by molar-refractivity contribution is 7.86. The zero-order chi connectivity index (χ0) is 24.3.